The maximum absolute atomic E-state index is 6.03. The summed E-state index contributed by atoms with van der Waals surface area (Å²) in [6, 6.07) is 4.12. The van der Waals surface area contributed by atoms with E-state index >= 15 is 0 Å². The molecule has 0 aliphatic heterocycles. The Balaban J connectivity index is 2.77. The van der Waals surface area contributed by atoms with E-state index in [0.717, 1.165) is 5.69 Å². The highest BCUT2D eigenvalue weighted by Crippen LogP contribution is 2.29. The second-order valence-electron chi connectivity index (χ2n) is 5.65. The fourth-order valence-electron chi connectivity index (χ4n) is 1.26. The van der Waals surface area contributed by atoms with Crippen molar-refractivity contribution in [3.05, 3.63) is 29.6 Å². The molecule has 3 heteroatoms. The van der Waals surface area contributed by atoms with Crippen molar-refractivity contribution in [3.63, 3.8) is 0 Å². The first-order valence-electron chi connectivity index (χ1n) is 5.59. The van der Waals surface area contributed by atoms with Gasteiger partial charge in [0, 0.05) is 11.9 Å². The van der Waals surface area contributed by atoms with E-state index in [1.807, 2.05) is 19.2 Å². The lowest BCUT2D eigenvalue weighted by Crippen LogP contribution is -2.27. The molecule has 88 valence electrons. The second kappa shape index (κ2) is 4.68. The summed E-state index contributed by atoms with van der Waals surface area (Å²) in [6.07, 6.45) is 1.84. The number of hydrogen-bond acceptors (Lipinski definition) is 2. The van der Waals surface area contributed by atoms with E-state index in [9.17, 15) is 0 Å². The first kappa shape index (κ1) is 13.4. The highest BCUT2D eigenvalue weighted by atomic mass is 28.2. The molecule has 0 amide bonds. The molecular formula is C13H21NOSi. The zero-order valence-electron chi connectivity index (χ0n) is 11.1. The van der Waals surface area contributed by atoms with Crippen LogP contribution in [-0.2, 0) is 10.0 Å². The average Bonchev–Trinajstić information content (AvgIpc) is 2.14. The molecule has 0 unspecified atom stereocenters. The number of nitrogens with zero attached hydrogens (tertiary/aromatic N) is 1. The topological polar surface area (TPSA) is 22.1 Å². The van der Waals surface area contributed by atoms with Crippen molar-refractivity contribution in [3.8, 4) is 0 Å². The first-order valence-corrected chi connectivity index (χ1v) is 6.50. The average molecular weight is 235 g/mol. The summed E-state index contributed by atoms with van der Waals surface area (Å²) in [6.45, 7) is 12.8. The van der Waals surface area contributed by atoms with E-state index in [4.69, 9.17) is 4.43 Å². The van der Waals surface area contributed by atoms with Gasteiger partial charge in [0.15, 0.2) is 0 Å². The molecule has 0 bridgehead atoms. The molecule has 0 aliphatic carbocycles. The first-order chi connectivity index (χ1) is 7.21. The molecule has 0 aliphatic rings. The predicted molar refractivity (Wildman–Crippen MR) is 68.6 cm³/mol. The predicted octanol–water partition coefficient (Wildman–Crippen LogP) is 3.48. The molecule has 0 saturated carbocycles. The Morgan fingerprint density at radius 1 is 1.19 bits per heavy atom. The molecule has 0 aromatic carbocycles. The smallest absolute Gasteiger partial charge is 0.236 e. The summed E-state index contributed by atoms with van der Waals surface area (Å²) in [5.74, 6) is 0. The molecule has 0 saturated heterocycles. The lowest BCUT2D eigenvalue weighted by atomic mass is 9.99. The molecule has 0 N–H and O–H groups in total. The van der Waals surface area contributed by atoms with E-state index in [1.165, 1.54) is 5.56 Å². The SMILES string of the molecule is Cc1cc(C(C)(C)O[Si]C(C)(C)C)ccn1. The van der Waals surface area contributed by atoms with Gasteiger partial charge in [-0.05, 0) is 43.5 Å². The van der Waals surface area contributed by atoms with Crippen LogP contribution in [0, 0.1) is 6.92 Å². The maximum Gasteiger partial charge on any atom is 0.236 e. The van der Waals surface area contributed by atoms with Crippen molar-refractivity contribution in [2.75, 3.05) is 0 Å². The van der Waals surface area contributed by atoms with E-state index in [2.05, 4.69) is 45.7 Å². The van der Waals surface area contributed by atoms with Crippen LogP contribution >= 0.6 is 0 Å². The van der Waals surface area contributed by atoms with E-state index in [0.29, 0.717) is 9.76 Å². The summed E-state index contributed by atoms with van der Waals surface area (Å²) in [4.78, 5) is 4.21. The molecule has 2 radical (unpaired) electrons. The Morgan fingerprint density at radius 3 is 2.31 bits per heavy atom. The van der Waals surface area contributed by atoms with Gasteiger partial charge in [-0.3, -0.25) is 4.98 Å². The quantitative estimate of drug-likeness (QED) is 0.748. The number of pyridine rings is 1. The summed E-state index contributed by atoms with van der Waals surface area (Å²) in [5, 5.41) is 0.222. The van der Waals surface area contributed by atoms with Gasteiger partial charge in [0.05, 0.1) is 5.60 Å². The second-order valence-corrected chi connectivity index (χ2v) is 7.56. The van der Waals surface area contributed by atoms with Crippen LogP contribution < -0.4 is 0 Å². The highest BCUT2D eigenvalue weighted by Gasteiger charge is 2.25. The maximum atomic E-state index is 6.03. The van der Waals surface area contributed by atoms with E-state index in [1.54, 1.807) is 0 Å². The standard InChI is InChI=1S/C13H21NOSi/c1-10-9-11(7-8-14-10)13(5,6)15-16-12(2,3)4/h7-9H,1-6H3. The lowest BCUT2D eigenvalue weighted by molar-refractivity contribution is 0.109. The minimum absolute atomic E-state index is 0.222. The fourth-order valence-corrected chi connectivity index (χ4v) is 1.94. The third kappa shape index (κ3) is 4.06. The van der Waals surface area contributed by atoms with Gasteiger partial charge in [-0.15, -0.1) is 0 Å². The Morgan fingerprint density at radius 2 is 1.81 bits per heavy atom. The van der Waals surface area contributed by atoms with Gasteiger partial charge in [-0.1, -0.05) is 20.8 Å². The molecule has 0 fully saturated rings. The molecule has 16 heavy (non-hydrogen) atoms. The van der Waals surface area contributed by atoms with Crippen LogP contribution in [0.15, 0.2) is 18.3 Å². The van der Waals surface area contributed by atoms with Gasteiger partial charge in [0.2, 0.25) is 9.76 Å². The Bertz CT molecular complexity index is 355. The fraction of sp³-hybridized carbons (Fsp3) is 0.615. The molecule has 1 aromatic heterocycles. The summed E-state index contributed by atoms with van der Waals surface area (Å²) < 4.78 is 6.03. The van der Waals surface area contributed by atoms with Crippen molar-refractivity contribution >= 4 is 9.76 Å². The number of aromatic nitrogens is 1. The number of rotatable bonds is 3. The van der Waals surface area contributed by atoms with Crippen LogP contribution in [0.2, 0.25) is 5.04 Å². The number of aryl methyl sites for hydroxylation is 1. The van der Waals surface area contributed by atoms with Gasteiger partial charge in [0.25, 0.3) is 0 Å². The van der Waals surface area contributed by atoms with Crippen LogP contribution in [0.3, 0.4) is 0 Å². The van der Waals surface area contributed by atoms with Gasteiger partial charge in [-0.2, -0.15) is 0 Å². The van der Waals surface area contributed by atoms with Gasteiger partial charge in [-0.25, -0.2) is 0 Å². The van der Waals surface area contributed by atoms with Crippen molar-refractivity contribution in [1.82, 2.24) is 4.98 Å². The van der Waals surface area contributed by atoms with Crippen molar-refractivity contribution < 1.29 is 4.43 Å². The molecule has 1 aromatic rings. The Labute approximate surface area is 101 Å². The minimum Gasteiger partial charge on any atom is -0.408 e. The molecule has 2 nitrogen and oxygen atoms in total. The number of hydrogen-bond donors (Lipinski definition) is 0. The lowest BCUT2D eigenvalue weighted by Gasteiger charge is -2.29. The van der Waals surface area contributed by atoms with Crippen molar-refractivity contribution in [2.45, 2.75) is 52.2 Å². The summed E-state index contributed by atoms with van der Waals surface area (Å²) in [5.41, 5.74) is 1.99. The third-order valence-electron chi connectivity index (χ3n) is 2.20. The molecule has 0 atom stereocenters. The Kier molecular flexibility index (Phi) is 3.91. The van der Waals surface area contributed by atoms with Crippen LogP contribution in [0.1, 0.15) is 45.9 Å². The van der Waals surface area contributed by atoms with E-state index in [-0.39, 0.29) is 10.6 Å². The normalized spacial score (nSPS) is 12.9. The van der Waals surface area contributed by atoms with Gasteiger partial charge >= 0.3 is 0 Å². The molecule has 1 rings (SSSR count). The van der Waals surface area contributed by atoms with Crippen LogP contribution in [0.5, 0.6) is 0 Å². The molecular weight excluding hydrogens is 214 g/mol. The van der Waals surface area contributed by atoms with Crippen LogP contribution in [0.4, 0.5) is 0 Å². The van der Waals surface area contributed by atoms with Crippen molar-refractivity contribution in [1.29, 1.82) is 0 Å². The monoisotopic (exact) mass is 235 g/mol. The van der Waals surface area contributed by atoms with Crippen molar-refractivity contribution in [2.24, 2.45) is 0 Å². The molecule has 0 spiro atoms. The zero-order chi connectivity index (χ0) is 12.4. The molecule has 1 heterocycles. The zero-order valence-corrected chi connectivity index (χ0v) is 12.1. The summed E-state index contributed by atoms with van der Waals surface area (Å²) in [7, 11) is 0.495. The third-order valence-corrected chi connectivity index (χ3v) is 3.43. The van der Waals surface area contributed by atoms with Gasteiger partial charge in [0.1, 0.15) is 0 Å². The minimum atomic E-state index is -0.237. The summed E-state index contributed by atoms with van der Waals surface area (Å²) >= 11 is 0. The van der Waals surface area contributed by atoms with E-state index < -0.39 is 0 Å². The Hall–Kier alpha value is -0.673. The highest BCUT2D eigenvalue weighted by molar-refractivity contribution is 6.31. The van der Waals surface area contributed by atoms with Gasteiger partial charge < -0.3 is 4.43 Å². The van der Waals surface area contributed by atoms with Crippen LogP contribution in [0.25, 0.3) is 0 Å². The van der Waals surface area contributed by atoms with Crippen LogP contribution in [-0.4, -0.2) is 14.7 Å². The largest absolute Gasteiger partial charge is 0.408 e.